The van der Waals surface area contributed by atoms with E-state index in [0.29, 0.717) is 13.0 Å². The smallest absolute Gasteiger partial charge is 0.330 e. The Morgan fingerprint density at radius 3 is 2.73 bits per heavy atom. The number of rotatable bonds is 9. The lowest BCUT2D eigenvalue weighted by molar-refractivity contribution is -0.141. The lowest BCUT2D eigenvalue weighted by atomic mass is 10.1. The van der Waals surface area contributed by atoms with Crippen LogP contribution in [0.3, 0.4) is 0 Å². The Morgan fingerprint density at radius 1 is 1.37 bits per heavy atom. The molecule has 30 heavy (non-hydrogen) atoms. The van der Waals surface area contributed by atoms with Crippen molar-refractivity contribution in [2.45, 2.75) is 43.4 Å². The number of hydrogen-bond donors (Lipinski definition) is 8. The van der Waals surface area contributed by atoms with Crippen molar-refractivity contribution in [1.82, 2.24) is 15.0 Å². The van der Waals surface area contributed by atoms with Gasteiger partial charge in [0.25, 0.3) is 11.5 Å². The van der Waals surface area contributed by atoms with Crippen LogP contribution in [0.25, 0.3) is 0 Å². The largest absolute Gasteiger partial charge is 0.502 e. The van der Waals surface area contributed by atoms with Gasteiger partial charge in [0.15, 0.2) is 17.9 Å². The molecule has 1 aromatic heterocycles. The second-order valence-corrected chi connectivity index (χ2v) is 6.56. The average molecular weight is 431 g/mol. The maximum Gasteiger partial charge on any atom is 0.330 e. The average Bonchev–Trinajstić information content (AvgIpc) is 2.96. The highest BCUT2D eigenvalue weighted by Crippen LogP contribution is 2.28. The van der Waals surface area contributed by atoms with Gasteiger partial charge in [0.05, 0.1) is 12.2 Å². The summed E-state index contributed by atoms with van der Waals surface area (Å²) in [5.41, 5.74) is 16.2. The van der Waals surface area contributed by atoms with Crippen LogP contribution in [-0.4, -0.2) is 74.2 Å². The van der Waals surface area contributed by atoms with Gasteiger partial charge in [0.1, 0.15) is 24.9 Å². The number of hydrogen-bond acceptors (Lipinski definition) is 10. The Hall–Kier alpha value is -2.98. The molecule has 0 aliphatic carbocycles. The van der Waals surface area contributed by atoms with Crippen molar-refractivity contribution in [3.63, 3.8) is 0 Å². The molecule has 0 bridgehead atoms. The topological polar surface area (TPSA) is 254 Å². The molecule has 11 N–H and O–H groups in total. The summed E-state index contributed by atoms with van der Waals surface area (Å²) in [5.74, 6) is -1.47. The van der Waals surface area contributed by atoms with Crippen LogP contribution in [0.15, 0.2) is 20.8 Å². The van der Waals surface area contributed by atoms with Crippen LogP contribution in [0.4, 0.5) is 0 Å². The quantitative estimate of drug-likeness (QED) is 0.0797. The van der Waals surface area contributed by atoms with E-state index < -0.39 is 53.5 Å². The Bertz CT molecular complexity index is 880. The van der Waals surface area contributed by atoms with E-state index in [4.69, 9.17) is 26.8 Å². The third kappa shape index (κ3) is 5.77. The van der Waals surface area contributed by atoms with E-state index >= 15 is 0 Å². The van der Waals surface area contributed by atoms with E-state index in [0.717, 1.165) is 10.8 Å². The molecule has 0 saturated carbocycles. The van der Waals surface area contributed by atoms with Gasteiger partial charge in [-0.25, -0.2) is 10.3 Å². The van der Waals surface area contributed by atoms with Gasteiger partial charge in [-0.15, -0.1) is 0 Å². The van der Waals surface area contributed by atoms with Crippen LogP contribution < -0.4 is 33.9 Å². The van der Waals surface area contributed by atoms with Gasteiger partial charge in [0, 0.05) is 6.54 Å². The van der Waals surface area contributed by atoms with Gasteiger partial charge in [-0.3, -0.25) is 29.0 Å². The number of nitrogens with one attached hydrogen (secondary N) is 2. The Kier molecular flexibility index (Phi) is 7.90. The molecule has 2 heterocycles. The zero-order valence-corrected chi connectivity index (χ0v) is 15.8. The molecule has 0 spiro atoms. The number of nitrogens with two attached hydrogens (primary N) is 3. The van der Waals surface area contributed by atoms with Crippen LogP contribution in [0.1, 0.15) is 19.1 Å². The summed E-state index contributed by atoms with van der Waals surface area (Å²) in [6.07, 6.45) is -4.08. The maximum absolute atomic E-state index is 11.9. The SMILES string of the molecule is NC(N)=NCCC[C@H](N)C(=O)NOC[C@H]1O[C@@H](n2cc(O)c(=O)[nH]c2=O)[C@H](O)[C@@H]1O. The molecule has 168 valence electrons. The van der Waals surface area contributed by atoms with Gasteiger partial charge in [-0.2, -0.15) is 0 Å². The number of hydroxylamine groups is 1. The van der Waals surface area contributed by atoms with E-state index in [-0.39, 0.29) is 19.0 Å². The summed E-state index contributed by atoms with van der Waals surface area (Å²) in [5, 5.41) is 29.7. The second-order valence-electron chi connectivity index (χ2n) is 6.56. The zero-order valence-electron chi connectivity index (χ0n) is 15.8. The van der Waals surface area contributed by atoms with E-state index in [1.165, 1.54) is 0 Å². The standard InChI is InChI=1S/C15H25N7O8/c16-6(2-1-3-19-14(17)18)11(26)21-29-5-8-9(24)10(25)13(30-8)22-4-7(23)12(27)20-15(22)28/h4,6,8-10,13,23-25H,1-3,5,16H2,(H,21,26)(H4,17,18,19)(H,20,27,28)/t6-,8+,9+,10+,13+/m0/s1. The van der Waals surface area contributed by atoms with Gasteiger partial charge in [-0.1, -0.05) is 0 Å². The third-order valence-corrected chi connectivity index (χ3v) is 4.29. The molecule has 5 atom stereocenters. The summed E-state index contributed by atoms with van der Waals surface area (Å²) >= 11 is 0. The molecule has 1 aromatic rings. The number of aromatic amines is 1. The lowest BCUT2D eigenvalue weighted by Crippen LogP contribution is -2.43. The predicted molar refractivity (Wildman–Crippen MR) is 101 cm³/mol. The van der Waals surface area contributed by atoms with Gasteiger partial charge in [0.2, 0.25) is 0 Å². The molecule has 1 fully saturated rings. The number of H-pyrrole nitrogens is 1. The van der Waals surface area contributed by atoms with Crippen LogP contribution in [-0.2, 0) is 14.4 Å². The monoisotopic (exact) mass is 431 g/mol. The second kappa shape index (κ2) is 10.2. The van der Waals surface area contributed by atoms with Crippen LogP contribution in [0.5, 0.6) is 5.75 Å². The minimum atomic E-state index is -1.57. The normalized spacial score (nSPS) is 24.4. The third-order valence-electron chi connectivity index (χ3n) is 4.29. The highest BCUT2D eigenvalue weighted by molar-refractivity contribution is 5.80. The molecule has 0 aromatic carbocycles. The van der Waals surface area contributed by atoms with E-state index in [2.05, 4.69) is 10.5 Å². The Labute approximate surface area is 169 Å². The number of aliphatic hydroxyl groups is 2. The van der Waals surface area contributed by atoms with Crippen molar-refractivity contribution < 1.29 is 29.7 Å². The summed E-state index contributed by atoms with van der Waals surface area (Å²) in [6.45, 7) is -0.0729. The molecule has 1 aliphatic heterocycles. The highest BCUT2D eigenvalue weighted by atomic mass is 16.7. The summed E-state index contributed by atoms with van der Waals surface area (Å²) in [7, 11) is 0. The molecule has 1 amide bonds. The van der Waals surface area contributed by atoms with E-state index in [1.807, 2.05) is 4.98 Å². The number of nitrogens with zero attached hydrogens (tertiary/aromatic N) is 2. The van der Waals surface area contributed by atoms with Crippen molar-refractivity contribution in [2.75, 3.05) is 13.2 Å². The van der Waals surface area contributed by atoms with Crippen molar-refractivity contribution in [3.8, 4) is 5.75 Å². The molecule has 0 radical (unpaired) electrons. The molecular formula is C15H25N7O8. The molecule has 1 saturated heterocycles. The molecule has 15 heteroatoms. The fraction of sp³-hybridized carbons (Fsp3) is 0.600. The fourth-order valence-corrected chi connectivity index (χ4v) is 2.68. The van der Waals surface area contributed by atoms with Crippen LogP contribution >= 0.6 is 0 Å². The van der Waals surface area contributed by atoms with Gasteiger partial charge >= 0.3 is 5.69 Å². The van der Waals surface area contributed by atoms with Gasteiger partial charge < -0.3 is 37.3 Å². The van der Waals surface area contributed by atoms with E-state index in [1.54, 1.807) is 0 Å². The maximum atomic E-state index is 11.9. The minimum absolute atomic E-state index is 0.0636. The number of aromatic nitrogens is 2. The van der Waals surface area contributed by atoms with Gasteiger partial charge in [-0.05, 0) is 12.8 Å². The van der Waals surface area contributed by atoms with Crippen molar-refractivity contribution in [2.24, 2.45) is 22.2 Å². The lowest BCUT2D eigenvalue weighted by Gasteiger charge is -2.17. The van der Waals surface area contributed by atoms with Crippen LogP contribution in [0, 0.1) is 0 Å². The first kappa shape index (κ1) is 23.3. The number of carbonyl (C=O) groups excluding carboxylic acids is 1. The molecular weight excluding hydrogens is 406 g/mol. The fourth-order valence-electron chi connectivity index (χ4n) is 2.68. The first-order valence-electron chi connectivity index (χ1n) is 8.90. The zero-order chi connectivity index (χ0) is 22.4. The summed E-state index contributed by atoms with van der Waals surface area (Å²) in [6, 6.07) is -0.894. The molecule has 1 aliphatic rings. The van der Waals surface area contributed by atoms with Crippen LogP contribution in [0.2, 0.25) is 0 Å². The van der Waals surface area contributed by atoms with E-state index in [9.17, 15) is 29.7 Å². The highest BCUT2D eigenvalue weighted by Gasteiger charge is 2.44. The first-order valence-corrected chi connectivity index (χ1v) is 8.90. The molecule has 2 rings (SSSR count). The number of aromatic hydroxyl groups is 1. The Balaban J connectivity index is 1.86. The number of carbonyl (C=O) groups is 1. The van der Waals surface area contributed by atoms with Crippen molar-refractivity contribution >= 4 is 11.9 Å². The summed E-state index contributed by atoms with van der Waals surface area (Å²) in [4.78, 5) is 45.6. The van der Waals surface area contributed by atoms with Crippen molar-refractivity contribution in [3.05, 3.63) is 27.0 Å². The number of aliphatic imine (C=N–C) groups is 1. The predicted octanol–water partition coefficient (Wildman–Crippen LogP) is -4.71. The minimum Gasteiger partial charge on any atom is -0.502 e. The summed E-state index contributed by atoms with van der Waals surface area (Å²) < 4.78 is 6.09. The Morgan fingerprint density at radius 2 is 2.07 bits per heavy atom. The first-order chi connectivity index (χ1) is 14.1. The number of amides is 1. The van der Waals surface area contributed by atoms with Crippen molar-refractivity contribution in [1.29, 1.82) is 0 Å². The molecule has 15 nitrogen and oxygen atoms in total. The molecule has 0 unspecified atom stereocenters. The number of guanidine groups is 1. The number of aliphatic hydroxyl groups excluding tert-OH is 2. The number of ether oxygens (including phenoxy) is 1.